The lowest BCUT2D eigenvalue weighted by atomic mass is 9.78. The van der Waals surface area contributed by atoms with Gasteiger partial charge < -0.3 is 11.1 Å². The molecule has 1 heterocycles. The molecule has 7 heteroatoms. The first kappa shape index (κ1) is 19.8. The molecule has 30 heavy (non-hydrogen) atoms. The minimum atomic E-state index is -0.527. The van der Waals surface area contributed by atoms with Gasteiger partial charge in [0.1, 0.15) is 0 Å². The van der Waals surface area contributed by atoms with E-state index in [0.717, 1.165) is 19.3 Å². The predicted molar refractivity (Wildman–Crippen MR) is 111 cm³/mol. The van der Waals surface area contributed by atoms with Gasteiger partial charge in [0.2, 0.25) is 11.8 Å². The molecule has 1 aliphatic carbocycles. The number of carbonyl (C=O) groups excluding carboxylic acids is 4. The summed E-state index contributed by atoms with van der Waals surface area (Å²) in [6.45, 7) is 0.241. The van der Waals surface area contributed by atoms with E-state index in [2.05, 4.69) is 5.32 Å². The molecule has 2 unspecified atom stereocenters. The van der Waals surface area contributed by atoms with Gasteiger partial charge in [-0.25, -0.2) is 0 Å². The molecule has 2 aromatic rings. The molecule has 154 valence electrons. The Bertz CT molecular complexity index is 980. The fourth-order valence-corrected chi connectivity index (χ4v) is 4.36. The molecule has 0 spiro atoms. The molecule has 2 aromatic carbocycles. The number of anilines is 1. The highest BCUT2D eigenvalue weighted by molar-refractivity contribution is 6.21. The lowest BCUT2D eigenvalue weighted by Crippen LogP contribution is -2.41. The van der Waals surface area contributed by atoms with Crippen molar-refractivity contribution in [3.63, 3.8) is 0 Å². The van der Waals surface area contributed by atoms with Crippen LogP contribution in [0.25, 0.3) is 0 Å². The average Bonchev–Trinajstić information content (AvgIpc) is 2.99. The summed E-state index contributed by atoms with van der Waals surface area (Å²) in [5, 5.41) is 2.89. The molecule has 0 aromatic heterocycles. The first-order valence-corrected chi connectivity index (χ1v) is 10.1. The molecule has 1 saturated carbocycles. The van der Waals surface area contributed by atoms with Gasteiger partial charge in [0.15, 0.2) is 0 Å². The summed E-state index contributed by atoms with van der Waals surface area (Å²) in [6, 6.07) is 13.2. The maximum absolute atomic E-state index is 13.0. The molecule has 2 atom stereocenters. The number of imide groups is 1. The summed E-state index contributed by atoms with van der Waals surface area (Å²) in [6.07, 6.45) is 3.38. The molecule has 7 nitrogen and oxygen atoms in total. The molecule has 4 rings (SSSR count). The van der Waals surface area contributed by atoms with Crippen molar-refractivity contribution in [1.82, 2.24) is 4.90 Å². The van der Waals surface area contributed by atoms with Crippen LogP contribution in [0.2, 0.25) is 0 Å². The van der Waals surface area contributed by atoms with Gasteiger partial charge in [-0.15, -0.1) is 0 Å². The van der Waals surface area contributed by atoms with Crippen molar-refractivity contribution in [2.75, 3.05) is 11.9 Å². The Kier molecular flexibility index (Phi) is 5.35. The van der Waals surface area contributed by atoms with Gasteiger partial charge in [-0.3, -0.25) is 24.1 Å². The number of nitrogens with one attached hydrogen (secondary N) is 1. The Labute approximate surface area is 174 Å². The second kappa shape index (κ2) is 8.10. The topological polar surface area (TPSA) is 110 Å². The molecule has 4 amide bonds. The first-order chi connectivity index (χ1) is 14.5. The number of hydrogen-bond acceptors (Lipinski definition) is 4. The zero-order valence-corrected chi connectivity index (χ0v) is 16.5. The van der Waals surface area contributed by atoms with Crippen LogP contribution in [0, 0.1) is 11.8 Å². The van der Waals surface area contributed by atoms with Crippen molar-refractivity contribution in [3.8, 4) is 0 Å². The highest BCUT2D eigenvalue weighted by atomic mass is 16.2. The normalized spacial score (nSPS) is 20.7. The van der Waals surface area contributed by atoms with Crippen LogP contribution in [-0.4, -0.2) is 35.1 Å². The number of amides is 4. The van der Waals surface area contributed by atoms with Gasteiger partial charge in [0.05, 0.1) is 11.1 Å². The number of nitrogens with zero attached hydrogens (tertiary/aromatic N) is 1. The molecule has 1 fully saturated rings. The van der Waals surface area contributed by atoms with E-state index in [-0.39, 0.29) is 36.1 Å². The summed E-state index contributed by atoms with van der Waals surface area (Å²) in [5.41, 5.74) is 7.04. The van der Waals surface area contributed by atoms with E-state index in [9.17, 15) is 19.2 Å². The molecule has 0 saturated heterocycles. The van der Waals surface area contributed by atoms with Gasteiger partial charge >= 0.3 is 0 Å². The Morgan fingerprint density at radius 2 is 1.53 bits per heavy atom. The lowest BCUT2D eigenvalue weighted by molar-refractivity contribution is -0.122. The van der Waals surface area contributed by atoms with E-state index in [1.54, 1.807) is 48.5 Å². The van der Waals surface area contributed by atoms with Crippen molar-refractivity contribution in [2.24, 2.45) is 17.6 Å². The fourth-order valence-electron chi connectivity index (χ4n) is 4.36. The van der Waals surface area contributed by atoms with Crippen LogP contribution in [0.3, 0.4) is 0 Å². The number of hydrogen-bond donors (Lipinski definition) is 2. The van der Waals surface area contributed by atoms with Crippen molar-refractivity contribution >= 4 is 29.3 Å². The van der Waals surface area contributed by atoms with Crippen LogP contribution in [0.1, 0.15) is 56.8 Å². The second-order valence-corrected chi connectivity index (χ2v) is 7.85. The predicted octanol–water partition coefficient (Wildman–Crippen LogP) is 2.83. The van der Waals surface area contributed by atoms with Crippen molar-refractivity contribution in [3.05, 3.63) is 65.2 Å². The maximum Gasteiger partial charge on any atom is 0.261 e. The summed E-state index contributed by atoms with van der Waals surface area (Å²) < 4.78 is 0. The molecular weight excluding hydrogens is 382 g/mol. The van der Waals surface area contributed by atoms with Crippen molar-refractivity contribution in [1.29, 1.82) is 0 Å². The molecule has 0 radical (unpaired) electrons. The molecule has 0 bridgehead atoms. The van der Waals surface area contributed by atoms with Crippen LogP contribution in [0.5, 0.6) is 0 Å². The highest BCUT2D eigenvalue weighted by Gasteiger charge is 2.40. The van der Waals surface area contributed by atoms with Gasteiger partial charge in [-0.05, 0) is 55.2 Å². The van der Waals surface area contributed by atoms with Gasteiger partial charge in [0.25, 0.3) is 11.8 Å². The fraction of sp³-hybridized carbons (Fsp3) is 0.304. The Balaban J connectivity index is 1.47. The van der Waals surface area contributed by atoms with E-state index in [1.165, 1.54) is 4.90 Å². The number of rotatable bonds is 5. The average molecular weight is 405 g/mol. The number of fused-ring (bicyclic) bond motifs is 1. The maximum atomic E-state index is 13.0. The van der Waals surface area contributed by atoms with Gasteiger partial charge in [0, 0.05) is 23.7 Å². The smallest absolute Gasteiger partial charge is 0.261 e. The molecule has 2 aliphatic rings. The summed E-state index contributed by atoms with van der Waals surface area (Å²) >= 11 is 0. The van der Waals surface area contributed by atoms with Crippen LogP contribution < -0.4 is 11.1 Å². The van der Waals surface area contributed by atoms with Gasteiger partial charge in [-0.1, -0.05) is 25.0 Å². The van der Waals surface area contributed by atoms with E-state index in [0.29, 0.717) is 28.8 Å². The van der Waals surface area contributed by atoms with Crippen LogP contribution in [0.4, 0.5) is 5.69 Å². The van der Waals surface area contributed by atoms with Crippen LogP contribution in [0.15, 0.2) is 48.5 Å². The third kappa shape index (κ3) is 3.70. The number of nitrogens with two attached hydrogens (primary N) is 1. The first-order valence-electron chi connectivity index (χ1n) is 10.1. The quantitative estimate of drug-likeness (QED) is 0.745. The third-order valence-corrected chi connectivity index (χ3v) is 5.98. The van der Waals surface area contributed by atoms with E-state index >= 15 is 0 Å². The SMILES string of the molecule is NC(=O)c1ccc(NC(=O)C2CCCCC2CN2C(=O)c3ccccc3C2=O)cc1. The Morgan fingerprint density at radius 3 is 2.13 bits per heavy atom. The standard InChI is InChI=1S/C23H23N3O4/c24-20(27)14-9-11-16(12-10-14)25-21(28)17-6-2-1-5-15(17)13-26-22(29)18-7-3-4-8-19(18)23(26)30/h3-4,7-12,15,17H,1-2,5-6,13H2,(H2,24,27)(H,25,28). The minimum Gasteiger partial charge on any atom is -0.366 e. The zero-order chi connectivity index (χ0) is 21.3. The molecule has 1 aliphatic heterocycles. The van der Waals surface area contributed by atoms with Crippen molar-refractivity contribution < 1.29 is 19.2 Å². The van der Waals surface area contributed by atoms with E-state index in [4.69, 9.17) is 5.73 Å². The lowest BCUT2D eigenvalue weighted by Gasteiger charge is -2.32. The third-order valence-electron chi connectivity index (χ3n) is 5.98. The van der Waals surface area contributed by atoms with Crippen LogP contribution in [-0.2, 0) is 4.79 Å². The van der Waals surface area contributed by atoms with Crippen LogP contribution >= 0.6 is 0 Å². The van der Waals surface area contributed by atoms with E-state index < -0.39 is 5.91 Å². The van der Waals surface area contributed by atoms with E-state index in [1.807, 2.05) is 0 Å². The largest absolute Gasteiger partial charge is 0.366 e. The summed E-state index contributed by atoms with van der Waals surface area (Å²) in [4.78, 5) is 50.8. The summed E-state index contributed by atoms with van der Waals surface area (Å²) in [5.74, 6) is -1.63. The van der Waals surface area contributed by atoms with Crippen molar-refractivity contribution in [2.45, 2.75) is 25.7 Å². The Morgan fingerprint density at radius 1 is 0.933 bits per heavy atom. The number of primary amides is 1. The van der Waals surface area contributed by atoms with Gasteiger partial charge in [-0.2, -0.15) is 0 Å². The number of carbonyl (C=O) groups is 4. The monoisotopic (exact) mass is 405 g/mol. The second-order valence-electron chi connectivity index (χ2n) is 7.85. The molecular formula is C23H23N3O4. The zero-order valence-electron chi connectivity index (χ0n) is 16.5. The molecule has 3 N–H and O–H groups in total. The number of benzene rings is 2. The summed E-state index contributed by atoms with van der Waals surface area (Å²) in [7, 11) is 0. The Hall–Kier alpha value is -3.48. The highest BCUT2D eigenvalue weighted by Crippen LogP contribution is 2.34. The minimum absolute atomic E-state index is 0.0918.